The number of carbonyl (C=O) groups is 6. The van der Waals surface area contributed by atoms with Gasteiger partial charge in [0.2, 0.25) is 23.6 Å². The van der Waals surface area contributed by atoms with Gasteiger partial charge in [-0.15, -0.1) is 0 Å². The van der Waals surface area contributed by atoms with Crippen LogP contribution in [0.3, 0.4) is 0 Å². The molecule has 4 amide bonds. The molecule has 0 radical (unpaired) electrons. The standard InChI is InChI=1S/C14H28N2O2.C12H25N3O2.C12H24N2O2.C8H19N/c1-11(2)13(17)8-6-5-7-9-15-14(18)10-16-12(3)4;1-9(2)7-11(16)13-5-6-14-12(17)8-15-10(3)4;1-9(2)11(15)6-5-7-13-12(16)8-14-10(3)4;1-7(2)5-6-9-8(3)4/h11-12,16H,5-10H2,1-4H3,(H,15,18);9-10,15H,5-8H2,1-4H3,(H,13,16)(H,14,17);9-10,14H,5-8H2,1-4H3,(H,13,16);7-9H,5-6H2,1-4H3. The normalized spacial score (nSPS) is 10.9. The van der Waals surface area contributed by atoms with Gasteiger partial charge >= 0.3 is 0 Å². The van der Waals surface area contributed by atoms with Crippen LogP contribution >= 0.6 is 0 Å². The number of ketones is 2. The van der Waals surface area contributed by atoms with Crippen molar-refractivity contribution in [3.8, 4) is 0 Å². The molecule has 14 nitrogen and oxygen atoms in total. The van der Waals surface area contributed by atoms with Crippen molar-refractivity contribution in [1.29, 1.82) is 0 Å². The van der Waals surface area contributed by atoms with Crippen LogP contribution < -0.4 is 42.5 Å². The molecule has 0 fully saturated rings. The lowest BCUT2D eigenvalue weighted by Gasteiger charge is -2.10. The molecule has 0 bridgehead atoms. The maximum atomic E-state index is 11.4. The molecule has 0 heterocycles. The van der Waals surface area contributed by atoms with Crippen molar-refractivity contribution >= 4 is 35.2 Å². The summed E-state index contributed by atoms with van der Waals surface area (Å²) >= 11 is 0. The third kappa shape index (κ3) is 57.2. The van der Waals surface area contributed by atoms with Gasteiger partial charge in [0.05, 0.1) is 19.6 Å². The summed E-state index contributed by atoms with van der Waals surface area (Å²) < 4.78 is 0. The van der Waals surface area contributed by atoms with Gasteiger partial charge in [0, 0.05) is 81.4 Å². The van der Waals surface area contributed by atoms with Crippen molar-refractivity contribution in [3.05, 3.63) is 0 Å². The highest BCUT2D eigenvalue weighted by molar-refractivity contribution is 5.81. The molecular formula is C46H96N8O6. The molecule has 0 saturated carbocycles. The van der Waals surface area contributed by atoms with E-state index >= 15 is 0 Å². The lowest BCUT2D eigenvalue weighted by molar-refractivity contribution is -0.123. The predicted molar refractivity (Wildman–Crippen MR) is 251 cm³/mol. The number of unbranched alkanes of at least 4 members (excludes halogenated alkanes) is 2. The Balaban J connectivity index is -0.000000357. The van der Waals surface area contributed by atoms with Crippen LogP contribution in [0.25, 0.3) is 0 Å². The van der Waals surface area contributed by atoms with E-state index in [0.29, 0.717) is 101 Å². The first kappa shape index (κ1) is 63.7. The topological polar surface area (TPSA) is 199 Å². The largest absolute Gasteiger partial charge is 0.355 e. The van der Waals surface area contributed by atoms with Crippen molar-refractivity contribution < 1.29 is 28.8 Å². The van der Waals surface area contributed by atoms with Gasteiger partial charge in [-0.25, -0.2) is 0 Å². The summed E-state index contributed by atoms with van der Waals surface area (Å²) in [6.07, 6.45) is 6.63. The molecule has 0 rings (SSSR count). The lowest BCUT2D eigenvalue weighted by Crippen LogP contribution is -2.40. The highest BCUT2D eigenvalue weighted by Gasteiger charge is 2.09. The van der Waals surface area contributed by atoms with E-state index in [1.165, 1.54) is 6.42 Å². The second-order valence-corrected chi connectivity index (χ2v) is 18.1. The summed E-state index contributed by atoms with van der Waals surface area (Å²) in [5, 5.41) is 23.6. The van der Waals surface area contributed by atoms with Gasteiger partial charge in [-0.3, -0.25) is 28.8 Å². The van der Waals surface area contributed by atoms with Gasteiger partial charge in [-0.05, 0) is 44.1 Å². The van der Waals surface area contributed by atoms with Gasteiger partial charge in [-0.1, -0.05) is 117 Å². The summed E-state index contributed by atoms with van der Waals surface area (Å²) in [6, 6.07) is 1.58. The van der Waals surface area contributed by atoms with Crippen LogP contribution in [0.4, 0.5) is 0 Å². The van der Waals surface area contributed by atoms with Crippen molar-refractivity contribution in [2.45, 2.75) is 186 Å². The third-order valence-corrected chi connectivity index (χ3v) is 8.28. The number of Topliss-reactive ketones (excluding diaryl/α,β-unsaturated/α-hetero) is 2. The van der Waals surface area contributed by atoms with Crippen molar-refractivity contribution in [1.82, 2.24) is 42.5 Å². The van der Waals surface area contributed by atoms with Crippen LogP contribution in [0.15, 0.2) is 0 Å². The van der Waals surface area contributed by atoms with Crippen molar-refractivity contribution in [2.24, 2.45) is 23.7 Å². The molecule has 0 spiro atoms. The molecule has 14 heteroatoms. The highest BCUT2D eigenvalue weighted by atomic mass is 16.2. The second-order valence-electron chi connectivity index (χ2n) is 18.1. The SMILES string of the molecule is CC(C)CC(=O)NCCNC(=O)CNC(C)C.CC(C)CCNC(C)C.CC(C)NCC(=O)NCCCC(=O)C(C)C.CC(C)NCC(=O)NCCCCCC(=O)C(C)C. The minimum Gasteiger partial charge on any atom is -0.355 e. The fourth-order valence-electron chi connectivity index (χ4n) is 4.48. The molecular weight excluding hydrogens is 761 g/mol. The highest BCUT2D eigenvalue weighted by Crippen LogP contribution is 2.05. The summed E-state index contributed by atoms with van der Waals surface area (Å²) in [6.45, 7) is 37.0. The van der Waals surface area contributed by atoms with E-state index in [9.17, 15) is 28.8 Å². The molecule has 0 aromatic rings. The van der Waals surface area contributed by atoms with Crippen LogP contribution in [0.1, 0.15) is 162 Å². The zero-order valence-corrected chi connectivity index (χ0v) is 41.4. The molecule has 0 atom stereocenters. The van der Waals surface area contributed by atoms with E-state index in [2.05, 4.69) is 70.2 Å². The number of hydrogen-bond donors (Lipinski definition) is 8. The Kier molecular flexibility index (Phi) is 45.4. The first-order valence-electron chi connectivity index (χ1n) is 23.0. The Morgan fingerprint density at radius 2 is 0.700 bits per heavy atom. The summed E-state index contributed by atoms with van der Waals surface area (Å²) in [4.78, 5) is 67.8. The maximum Gasteiger partial charge on any atom is 0.234 e. The second kappa shape index (κ2) is 42.7. The summed E-state index contributed by atoms with van der Waals surface area (Å²) in [7, 11) is 0. The summed E-state index contributed by atoms with van der Waals surface area (Å²) in [5.41, 5.74) is 0. The van der Waals surface area contributed by atoms with E-state index in [4.69, 9.17) is 0 Å². The molecule has 0 aromatic carbocycles. The first-order valence-corrected chi connectivity index (χ1v) is 23.0. The van der Waals surface area contributed by atoms with Gasteiger partial charge in [-0.2, -0.15) is 0 Å². The first-order chi connectivity index (χ1) is 27.9. The minimum atomic E-state index is -0.0446. The Morgan fingerprint density at radius 3 is 1.05 bits per heavy atom. The quantitative estimate of drug-likeness (QED) is 0.0440. The Morgan fingerprint density at radius 1 is 0.350 bits per heavy atom. The molecule has 356 valence electrons. The zero-order chi connectivity index (χ0) is 47.1. The third-order valence-electron chi connectivity index (χ3n) is 8.28. The fourth-order valence-corrected chi connectivity index (χ4v) is 4.48. The van der Waals surface area contributed by atoms with E-state index in [1.807, 2.05) is 83.1 Å². The molecule has 0 aliphatic carbocycles. The van der Waals surface area contributed by atoms with E-state index < -0.39 is 0 Å². The number of rotatable bonds is 30. The van der Waals surface area contributed by atoms with E-state index in [0.717, 1.165) is 38.1 Å². The summed E-state index contributed by atoms with van der Waals surface area (Å²) in [5.74, 6) is 2.05. The molecule has 60 heavy (non-hydrogen) atoms. The molecule has 0 saturated heterocycles. The van der Waals surface area contributed by atoms with Crippen LogP contribution in [-0.4, -0.2) is 112 Å². The molecule has 0 aliphatic heterocycles. The van der Waals surface area contributed by atoms with E-state index in [1.54, 1.807) is 0 Å². The van der Waals surface area contributed by atoms with Crippen LogP contribution in [0.2, 0.25) is 0 Å². The lowest BCUT2D eigenvalue weighted by atomic mass is 10.0. The Bertz CT molecular complexity index is 1090. The monoisotopic (exact) mass is 857 g/mol. The maximum absolute atomic E-state index is 11.4. The number of hydrogen-bond acceptors (Lipinski definition) is 10. The predicted octanol–water partition coefficient (Wildman–Crippen LogP) is 5.29. The number of nitrogens with one attached hydrogen (secondary N) is 8. The average molecular weight is 857 g/mol. The molecule has 0 unspecified atom stereocenters. The zero-order valence-electron chi connectivity index (χ0n) is 41.4. The van der Waals surface area contributed by atoms with Crippen molar-refractivity contribution in [2.75, 3.05) is 52.4 Å². The van der Waals surface area contributed by atoms with Crippen LogP contribution in [0, 0.1) is 23.7 Å². The van der Waals surface area contributed by atoms with Gasteiger partial charge in [0.1, 0.15) is 11.6 Å². The Labute approximate surface area is 368 Å². The number of carbonyl (C=O) groups excluding carboxylic acids is 6. The minimum absolute atomic E-state index is 0.00861. The smallest absolute Gasteiger partial charge is 0.234 e. The Hall–Kier alpha value is -2.94. The average Bonchev–Trinajstić information content (AvgIpc) is 3.13. The van der Waals surface area contributed by atoms with Crippen molar-refractivity contribution in [3.63, 3.8) is 0 Å². The van der Waals surface area contributed by atoms with E-state index in [-0.39, 0.29) is 41.2 Å². The van der Waals surface area contributed by atoms with Crippen LogP contribution in [-0.2, 0) is 28.8 Å². The molecule has 8 N–H and O–H groups in total. The molecule has 0 aliphatic rings. The van der Waals surface area contributed by atoms with Gasteiger partial charge in [0.25, 0.3) is 0 Å². The fraction of sp³-hybridized carbons (Fsp3) is 0.870. The van der Waals surface area contributed by atoms with Crippen LogP contribution in [0.5, 0.6) is 0 Å². The van der Waals surface area contributed by atoms with Gasteiger partial charge < -0.3 is 42.5 Å². The molecule has 0 aromatic heterocycles. The number of amides is 4. The van der Waals surface area contributed by atoms with Gasteiger partial charge in [0.15, 0.2) is 0 Å².